The van der Waals surface area contributed by atoms with Gasteiger partial charge in [-0.3, -0.25) is 9.48 Å². The van der Waals surface area contributed by atoms with Crippen LogP contribution in [-0.4, -0.2) is 46.8 Å². The minimum atomic E-state index is 0.0451. The van der Waals surface area contributed by atoms with Crippen LogP contribution in [0, 0.1) is 5.92 Å². The topological polar surface area (TPSA) is 50.2 Å². The number of carbonyl (C=O) groups excluding carboxylic acids is 1. The lowest BCUT2D eigenvalue weighted by Gasteiger charge is -2.23. The molecule has 0 aromatic carbocycles. The van der Waals surface area contributed by atoms with Crippen molar-refractivity contribution in [3.05, 3.63) is 18.0 Å². The Kier molecular flexibility index (Phi) is 5.17. The number of nitrogens with one attached hydrogen (secondary N) is 1. The third kappa shape index (κ3) is 3.60. The molecule has 1 aliphatic heterocycles. The molecule has 1 N–H and O–H groups in total. The molecule has 2 heterocycles. The van der Waals surface area contributed by atoms with Crippen LogP contribution in [-0.2, 0) is 0 Å². The SMILES string of the molecule is CCN(CC(C)C)C(=O)c1ccn(C2CCCNC2)n1. The molecule has 20 heavy (non-hydrogen) atoms. The van der Waals surface area contributed by atoms with E-state index in [-0.39, 0.29) is 5.91 Å². The number of nitrogens with zero attached hydrogens (tertiary/aromatic N) is 3. The van der Waals surface area contributed by atoms with E-state index in [0.717, 1.165) is 32.6 Å². The molecule has 0 saturated carbocycles. The zero-order valence-electron chi connectivity index (χ0n) is 12.8. The fourth-order valence-electron chi connectivity index (χ4n) is 2.67. The summed E-state index contributed by atoms with van der Waals surface area (Å²) in [6, 6.07) is 2.23. The highest BCUT2D eigenvalue weighted by Crippen LogP contribution is 2.16. The van der Waals surface area contributed by atoms with Crippen molar-refractivity contribution in [3.8, 4) is 0 Å². The van der Waals surface area contributed by atoms with Crippen LogP contribution >= 0.6 is 0 Å². The summed E-state index contributed by atoms with van der Waals surface area (Å²) >= 11 is 0. The van der Waals surface area contributed by atoms with Crippen LogP contribution in [0.1, 0.15) is 50.1 Å². The van der Waals surface area contributed by atoms with Crippen molar-refractivity contribution < 1.29 is 4.79 Å². The van der Waals surface area contributed by atoms with Crippen LogP contribution in [0.25, 0.3) is 0 Å². The number of amides is 1. The molecule has 5 heteroatoms. The van der Waals surface area contributed by atoms with Crippen molar-refractivity contribution >= 4 is 5.91 Å². The third-order valence-corrected chi connectivity index (χ3v) is 3.73. The number of carbonyl (C=O) groups is 1. The van der Waals surface area contributed by atoms with Crippen molar-refractivity contribution in [1.82, 2.24) is 20.0 Å². The Morgan fingerprint density at radius 1 is 1.60 bits per heavy atom. The lowest BCUT2D eigenvalue weighted by Crippen LogP contribution is -2.35. The van der Waals surface area contributed by atoms with Gasteiger partial charge in [0.1, 0.15) is 5.69 Å². The molecule has 1 atom stereocenters. The van der Waals surface area contributed by atoms with E-state index in [9.17, 15) is 4.79 Å². The second-order valence-electron chi connectivity index (χ2n) is 5.92. The zero-order chi connectivity index (χ0) is 14.5. The second-order valence-corrected chi connectivity index (χ2v) is 5.92. The predicted octanol–water partition coefficient (Wildman–Crippen LogP) is 1.93. The first-order valence-electron chi connectivity index (χ1n) is 7.67. The van der Waals surface area contributed by atoms with E-state index in [4.69, 9.17) is 0 Å². The van der Waals surface area contributed by atoms with Gasteiger partial charge in [-0.05, 0) is 38.3 Å². The first kappa shape index (κ1) is 15.0. The van der Waals surface area contributed by atoms with Crippen LogP contribution in [0.15, 0.2) is 12.3 Å². The summed E-state index contributed by atoms with van der Waals surface area (Å²) in [5, 5.41) is 7.87. The summed E-state index contributed by atoms with van der Waals surface area (Å²) in [4.78, 5) is 14.3. The van der Waals surface area contributed by atoms with Gasteiger partial charge in [0.05, 0.1) is 6.04 Å². The number of rotatable bonds is 5. The average molecular weight is 278 g/mol. The third-order valence-electron chi connectivity index (χ3n) is 3.73. The molecular weight excluding hydrogens is 252 g/mol. The van der Waals surface area contributed by atoms with Gasteiger partial charge in [0.15, 0.2) is 0 Å². The Labute approximate surface area is 121 Å². The summed E-state index contributed by atoms with van der Waals surface area (Å²) in [6.07, 6.45) is 4.24. The Morgan fingerprint density at radius 2 is 2.40 bits per heavy atom. The Balaban J connectivity index is 2.04. The molecular formula is C15H26N4O. The highest BCUT2D eigenvalue weighted by atomic mass is 16.2. The molecule has 1 aromatic rings. The van der Waals surface area contributed by atoms with Crippen LogP contribution in [0.3, 0.4) is 0 Å². The summed E-state index contributed by atoms with van der Waals surface area (Å²) in [7, 11) is 0. The van der Waals surface area contributed by atoms with Gasteiger partial charge >= 0.3 is 0 Å². The second kappa shape index (κ2) is 6.88. The molecule has 1 aromatic heterocycles. The fourth-order valence-corrected chi connectivity index (χ4v) is 2.67. The molecule has 1 saturated heterocycles. The standard InChI is InChI=1S/C15H26N4O/c1-4-18(11-12(2)3)15(20)14-7-9-19(17-14)13-6-5-8-16-10-13/h7,9,12-13,16H,4-6,8,10-11H2,1-3H3. The average Bonchev–Trinajstić information content (AvgIpc) is 2.94. The van der Waals surface area contributed by atoms with Gasteiger partial charge in [0, 0.05) is 25.8 Å². The van der Waals surface area contributed by atoms with Gasteiger partial charge in [-0.2, -0.15) is 5.10 Å². The maximum absolute atomic E-state index is 12.4. The van der Waals surface area contributed by atoms with E-state index in [2.05, 4.69) is 24.3 Å². The van der Waals surface area contributed by atoms with Crippen LogP contribution < -0.4 is 5.32 Å². The minimum absolute atomic E-state index is 0.0451. The quantitative estimate of drug-likeness (QED) is 0.895. The summed E-state index contributed by atoms with van der Waals surface area (Å²) in [5.74, 6) is 0.521. The van der Waals surface area contributed by atoms with Gasteiger partial charge in [0.25, 0.3) is 5.91 Å². The van der Waals surface area contributed by atoms with Crippen molar-refractivity contribution in [2.45, 2.75) is 39.7 Å². The summed E-state index contributed by atoms with van der Waals surface area (Å²) in [6.45, 7) is 9.81. The van der Waals surface area contributed by atoms with E-state index in [1.54, 1.807) is 0 Å². The van der Waals surface area contributed by atoms with Gasteiger partial charge in [0.2, 0.25) is 0 Å². The molecule has 0 radical (unpaired) electrons. The molecule has 0 spiro atoms. The molecule has 1 aliphatic rings. The first-order chi connectivity index (χ1) is 9.61. The van der Waals surface area contributed by atoms with Gasteiger partial charge in [-0.25, -0.2) is 0 Å². The van der Waals surface area contributed by atoms with Gasteiger partial charge < -0.3 is 10.2 Å². The van der Waals surface area contributed by atoms with E-state index in [1.807, 2.05) is 28.8 Å². The largest absolute Gasteiger partial charge is 0.337 e. The van der Waals surface area contributed by atoms with E-state index in [1.165, 1.54) is 6.42 Å². The number of hydrogen-bond donors (Lipinski definition) is 1. The number of hydrogen-bond acceptors (Lipinski definition) is 3. The predicted molar refractivity (Wildman–Crippen MR) is 79.8 cm³/mol. The minimum Gasteiger partial charge on any atom is -0.337 e. The Morgan fingerprint density at radius 3 is 3.00 bits per heavy atom. The normalized spacial score (nSPS) is 19.3. The van der Waals surface area contributed by atoms with Gasteiger partial charge in [-0.1, -0.05) is 13.8 Å². The van der Waals surface area contributed by atoms with Gasteiger partial charge in [-0.15, -0.1) is 0 Å². The number of piperidine rings is 1. The van der Waals surface area contributed by atoms with Crippen LogP contribution in [0.2, 0.25) is 0 Å². The van der Waals surface area contributed by atoms with Crippen LogP contribution in [0.4, 0.5) is 0 Å². The smallest absolute Gasteiger partial charge is 0.274 e. The molecule has 112 valence electrons. The highest BCUT2D eigenvalue weighted by molar-refractivity contribution is 5.92. The molecule has 2 rings (SSSR count). The first-order valence-corrected chi connectivity index (χ1v) is 7.67. The van der Waals surface area contributed by atoms with Crippen LogP contribution in [0.5, 0.6) is 0 Å². The number of aromatic nitrogens is 2. The fraction of sp³-hybridized carbons (Fsp3) is 0.733. The Hall–Kier alpha value is -1.36. The molecule has 0 aliphatic carbocycles. The lowest BCUT2D eigenvalue weighted by atomic mass is 10.1. The van der Waals surface area contributed by atoms with Crippen molar-refractivity contribution in [2.75, 3.05) is 26.2 Å². The maximum Gasteiger partial charge on any atom is 0.274 e. The van der Waals surface area contributed by atoms with Crippen molar-refractivity contribution in [2.24, 2.45) is 5.92 Å². The molecule has 1 amide bonds. The van der Waals surface area contributed by atoms with E-state index < -0.39 is 0 Å². The van der Waals surface area contributed by atoms with E-state index in [0.29, 0.717) is 17.7 Å². The molecule has 1 unspecified atom stereocenters. The lowest BCUT2D eigenvalue weighted by molar-refractivity contribution is 0.0738. The monoisotopic (exact) mass is 278 g/mol. The molecule has 0 bridgehead atoms. The van der Waals surface area contributed by atoms with E-state index >= 15 is 0 Å². The summed E-state index contributed by atoms with van der Waals surface area (Å²) in [5.41, 5.74) is 0.568. The summed E-state index contributed by atoms with van der Waals surface area (Å²) < 4.78 is 1.95. The highest BCUT2D eigenvalue weighted by Gasteiger charge is 2.20. The van der Waals surface area contributed by atoms with Crippen molar-refractivity contribution in [3.63, 3.8) is 0 Å². The Bertz CT molecular complexity index is 435. The maximum atomic E-state index is 12.4. The zero-order valence-corrected chi connectivity index (χ0v) is 12.8. The van der Waals surface area contributed by atoms with Crippen molar-refractivity contribution in [1.29, 1.82) is 0 Å². The molecule has 5 nitrogen and oxygen atoms in total. The molecule has 1 fully saturated rings.